The molecule has 1 heterocycles. The van der Waals surface area contributed by atoms with Crippen LogP contribution >= 0.6 is 0 Å². The lowest BCUT2D eigenvalue weighted by molar-refractivity contribution is -0.162. The molecule has 42 heavy (non-hydrogen) atoms. The number of amides is 2. The van der Waals surface area contributed by atoms with Crippen molar-refractivity contribution in [2.24, 2.45) is 0 Å². The van der Waals surface area contributed by atoms with E-state index in [2.05, 4.69) is 79.8 Å². The monoisotopic (exact) mass is 563 g/mol. The molecule has 0 saturated carbocycles. The second-order valence-corrected chi connectivity index (χ2v) is 11.0. The topological polar surface area (TPSA) is 52.7 Å². The summed E-state index contributed by atoms with van der Waals surface area (Å²) in [7, 11) is 0. The normalized spacial score (nSPS) is 17.6. The summed E-state index contributed by atoms with van der Waals surface area (Å²) in [6.45, 7) is 11.7. The molecule has 4 aromatic carbocycles. The van der Waals surface area contributed by atoms with Gasteiger partial charge in [0.2, 0.25) is 11.8 Å². The van der Waals surface area contributed by atoms with Crippen LogP contribution in [0.15, 0.2) is 97.1 Å². The second kappa shape index (κ2) is 14.8. The SMILES string of the molecule is CC.CCC(CN1C(=O)C(C)N(Cc2ccccc2)C(=O)C1Cc1cccc(C)c1)NCc1ccc2ccccc2c1. The molecular formula is C37H45N3O2. The van der Waals surface area contributed by atoms with Crippen molar-refractivity contribution < 1.29 is 9.59 Å². The minimum Gasteiger partial charge on any atom is -0.327 e. The molecule has 1 fully saturated rings. The molecule has 5 nitrogen and oxygen atoms in total. The molecule has 0 bridgehead atoms. The molecule has 1 saturated heterocycles. The van der Waals surface area contributed by atoms with E-state index >= 15 is 0 Å². The molecule has 0 aromatic heterocycles. The Balaban J connectivity index is 0.00000198. The maximum absolute atomic E-state index is 14.1. The Bertz CT molecular complexity index is 1470. The first-order chi connectivity index (χ1) is 20.4. The third-order valence-corrected chi connectivity index (χ3v) is 8.08. The summed E-state index contributed by atoms with van der Waals surface area (Å²) in [6, 6.07) is 32.1. The van der Waals surface area contributed by atoms with Gasteiger partial charge in [-0.3, -0.25) is 9.59 Å². The standard InChI is InChI=1S/C35H39N3O2.C2H6/c1-4-32(36-22-29-17-18-30-15-8-9-16-31(30)20-29)24-38-33(21-28-14-10-11-25(2)19-28)35(40)37(26(3)34(38)39)23-27-12-6-5-7-13-27;1-2/h5-20,26,32-33,36H,4,21-24H2,1-3H3;1-2H3. The number of hydrogen-bond donors (Lipinski definition) is 1. The molecule has 2 amide bonds. The zero-order valence-electron chi connectivity index (χ0n) is 25.7. The third kappa shape index (κ3) is 7.46. The fourth-order valence-electron chi connectivity index (χ4n) is 5.70. The number of aryl methyl sites for hydroxylation is 1. The zero-order valence-corrected chi connectivity index (χ0v) is 25.7. The fraction of sp³-hybridized carbons (Fsp3) is 0.351. The molecule has 1 aliphatic rings. The molecule has 1 N–H and O–H groups in total. The molecule has 0 radical (unpaired) electrons. The quantitative estimate of drug-likeness (QED) is 0.228. The molecular weight excluding hydrogens is 518 g/mol. The number of fused-ring (bicyclic) bond motifs is 1. The first kappa shape index (κ1) is 31.0. The van der Waals surface area contributed by atoms with Crippen molar-refractivity contribution in [2.75, 3.05) is 6.54 Å². The van der Waals surface area contributed by atoms with E-state index in [4.69, 9.17) is 0 Å². The van der Waals surface area contributed by atoms with E-state index in [0.29, 0.717) is 26.1 Å². The Morgan fingerprint density at radius 3 is 2.14 bits per heavy atom. The Labute approximate surface area is 251 Å². The predicted molar refractivity (Wildman–Crippen MR) is 173 cm³/mol. The smallest absolute Gasteiger partial charge is 0.246 e. The van der Waals surface area contributed by atoms with E-state index in [9.17, 15) is 9.59 Å². The van der Waals surface area contributed by atoms with Crippen LogP contribution in [0.4, 0.5) is 0 Å². The minimum atomic E-state index is -0.536. The Kier molecular flexibility index (Phi) is 10.9. The summed E-state index contributed by atoms with van der Waals surface area (Å²) in [4.78, 5) is 31.6. The fourth-order valence-corrected chi connectivity index (χ4v) is 5.70. The van der Waals surface area contributed by atoms with Crippen molar-refractivity contribution in [1.82, 2.24) is 15.1 Å². The van der Waals surface area contributed by atoms with Crippen LogP contribution in [0.3, 0.4) is 0 Å². The highest BCUT2D eigenvalue weighted by Gasteiger charge is 2.44. The van der Waals surface area contributed by atoms with Gasteiger partial charge in [-0.05, 0) is 53.8 Å². The van der Waals surface area contributed by atoms with Crippen LogP contribution in [0.25, 0.3) is 10.8 Å². The first-order valence-electron chi connectivity index (χ1n) is 15.3. The van der Waals surface area contributed by atoms with Gasteiger partial charge in [0.25, 0.3) is 0 Å². The number of benzene rings is 4. The Morgan fingerprint density at radius 2 is 1.43 bits per heavy atom. The maximum Gasteiger partial charge on any atom is 0.246 e. The molecule has 4 aromatic rings. The highest BCUT2D eigenvalue weighted by Crippen LogP contribution is 2.25. The average molecular weight is 564 g/mol. The molecule has 5 heteroatoms. The number of rotatable bonds is 10. The summed E-state index contributed by atoms with van der Waals surface area (Å²) in [6.07, 6.45) is 1.36. The van der Waals surface area contributed by atoms with Crippen LogP contribution in [-0.2, 0) is 29.1 Å². The molecule has 5 rings (SSSR count). The van der Waals surface area contributed by atoms with Gasteiger partial charge in [-0.1, -0.05) is 117 Å². The van der Waals surface area contributed by atoms with Crippen molar-refractivity contribution >= 4 is 22.6 Å². The van der Waals surface area contributed by atoms with Gasteiger partial charge in [-0.15, -0.1) is 0 Å². The number of hydrogen-bond acceptors (Lipinski definition) is 3. The van der Waals surface area contributed by atoms with Crippen LogP contribution in [0.5, 0.6) is 0 Å². The van der Waals surface area contributed by atoms with Crippen LogP contribution in [0.1, 0.15) is 56.4 Å². The van der Waals surface area contributed by atoms with Gasteiger partial charge in [0.15, 0.2) is 0 Å². The van der Waals surface area contributed by atoms with Crippen molar-refractivity contribution in [3.05, 3.63) is 119 Å². The molecule has 0 aliphatic carbocycles. The lowest BCUT2D eigenvalue weighted by atomic mass is 9.96. The van der Waals surface area contributed by atoms with Crippen molar-refractivity contribution in [3.63, 3.8) is 0 Å². The van der Waals surface area contributed by atoms with Gasteiger partial charge < -0.3 is 15.1 Å². The van der Waals surface area contributed by atoms with E-state index in [-0.39, 0.29) is 17.9 Å². The van der Waals surface area contributed by atoms with E-state index in [1.807, 2.05) is 62.1 Å². The number of piperazine rings is 1. The minimum absolute atomic E-state index is 0.0131. The van der Waals surface area contributed by atoms with Crippen molar-refractivity contribution in [1.29, 1.82) is 0 Å². The number of nitrogens with zero attached hydrogens (tertiary/aromatic N) is 2. The molecule has 0 spiro atoms. The van der Waals surface area contributed by atoms with E-state index in [0.717, 1.165) is 23.1 Å². The van der Waals surface area contributed by atoms with Gasteiger partial charge in [0.05, 0.1) is 0 Å². The molecule has 220 valence electrons. The third-order valence-electron chi connectivity index (χ3n) is 8.08. The highest BCUT2D eigenvalue weighted by atomic mass is 16.2. The van der Waals surface area contributed by atoms with E-state index in [1.54, 1.807) is 4.90 Å². The largest absolute Gasteiger partial charge is 0.327 e. The molecule has 3 unspecified atom stereocenters. The predicted octanol–water partition coefficient (Wildman–Crippen LogP) is 6.91. The summed E-state index contributed by atoms with van der Waals surface area (Å²) >= 11 is 0. The average Bonchev–Trinajstić information content (AvgIpc) is 3.03. The summed E-state index contributed by atoms with van der Waals surface area (Å²) in [5.41, 5.74) is 4.46. The zero-order chi connectivity index (χ0) is 30.1. The van der Waals surface area contributed by atoms with Gasteiger partial charge in [0, 0.05) is 32.1 Å². The van der Waals surface area contributed by atoms with Gasteiger partial charge in [-0.2, -0.15) is 0 Å². The lowest BCUT2D eigenvalue weighted by Gasteiger charge is -2.45. The van der Waals surface area contributed by atoms with Crippen LogP contribution in [0.2, 0.25) is 0 Å². The number of carbonyl (C=O) groups is 2. The van der Waals surface area contributed by atoms with E-state index in [1.165, 1.54) is 16.3 Å². The van der Waals surface area contributed by atoms with E-state index < -0.39 is 12.1 Å². The first-order valence-corrected chi connectivity index (χ1v) is 15.3. The van der Waals surface area contributed by atoms with Crippen LogP contribution < -0.4 is 5.32 Å². The molecule has 1 aliphatic heterocycles. The highest BCUT2D eigenvalue weighted by molar-refractivity contribution is 5.97. The summed E-state index contributed by atoms with van der Waals surface area (Å²) in [5.74, 6) is 0.0287. The number of nitrogens with one attached hydrogen (secondary N) is 1. The van der Waals surface area contributed by atoms with Gasteiger partial charge >= 0.3 is 0 Å². The Morgan fingerprint density at radius 1 is 0.738 bits per heavy atom. The Hall–Kier alpha value is -3.96. The van der Waals surface area contributed by atoms with Crippen LogP contribution in [-0.4, -0.2) is 46.3 Å². The van der Waals surface area contributed by atoms with Gasteiger partial charge in [0.1, 0.15) is 12.1 Å². The molecule has 3 atom stereocenters. The van der Waals surface area contributed by atoms with Crippen molar-refractivity contribution in [2.45, 2.75) is 78.7 Å². The lowest BCUT2D eigenvalue weighted by Crippen LogP contribution is -2.65. The van der Waals surface area contributed by atoms with Gasteiger partial charge in [-0.25, -0.2) is 0 Å². The number of carbonyl (C=O) groups excluding carboxylic acids is 2. The van der Waals surface area contributed by atoms with Crippen molar-refractivity contribution in [3.8, 4) is 0 Å². The summed E-state index contributed by atoms with van der Waals surface area (Å²) < 4.78 is 0. The summed E-state index contributed by atoms with van der Waals surface area (Å²) in [5, 5.41) is 6.12. The second-order valence-electron chi connectivity index (χ2n) is 11.0. The maximum atomic E-state index is 14.1. The van der Waals surface area contributed by atoms with Crippen LogP contribution in [0, 0.1) is 6.92 Å².